The Balaban J connectivity index is 1.98. The molecule has 2 rings (SSSR count). The van der Waals surface area contributed by atoms with Crippen LogP contribution in [0.15, 0.2) is 0 Å². The summed E-state index contributed by atoms with van der Waals surface area (Å²) in [7, 11) is 0. The fraction of sp³-hybridized carbons (Fsp3) is 1.00. The van der Waals surface area contributed by atoms with Crippen LogP contribution in [0.5, 0.6) is 0 Å². The summed E-state index contributed by atoms with van der Waals surface area (Å²) in [4.78, 5) is 0. The van der Waals surface area contributed by atoms with Gasteiger partial charge in [-0.2, -0.15) is 0 Å². The Bertz CT molecular complexity index is 110. The molecule has 3 unspecified atom stereocenters. The van der Waals surface area contributed by atoms with E-state index in [0.717, 1.165) is 12.3 Å². The number of piperidine rings is 1. The minimum Gasteiger partial charge on any atom is -0.379 e. The predicted octanol–water partition coefficient (Wildman–Crippen LogP) is 0.857. The first-order valence-corrected chi connectivity index (χ1v) is 4.29. The number of hydrogen-bond acceptors (Lipinski definition) is 2. The third-order valence-electron chi connectivity index (χ3n) is 2.77. The van der Waals surface area contributed by atoms with Crippen LogP contribution >= 0.6 is 0 Å². The monoisotopic (exact) mass is 141 g/mol. The van der Waals surface area contributed by atoms with E-state index in [0.29, 0.717) is 6.04 Å². The smallest absolute Gasteiger partial charge is 0.105 e. The van der Waals surface area contributed by atoms with Crippen molar-refractivity contribution in [1.29, 1.82) is 0 Å². The highest BCUT2D eigenvalue weighted by atomic mass is 16.3. The molecule has 0 aromatic carbocycles. The lowest BCUT2D eigenvalue weighted by atomic mass is 9.80. The average Bonchev–Trinajstić information content (AvgIpc) is 1.85. The number of fused-ring (bicyclic) bond motifs is 2. The van der Waals surface area contributed by atoms with Crippen LogP contribution in [0.3, 0.4) is 0 Å². The Morgan fingerprint density at radius 2 is 2.10 bits per heavy atom. The van der Waals surface area contributed by atoms with Crippen molar-refractivity contribution in [2.45, 2.75) is 44.4 Å². The van der Waals surface area contributed by atoms with Crippen LogP contribution in [-0.4, -0.2) is 17.4 Å². The molecule has 58 valence electrons. The van der Waals surface area contributed by atoms with E-state index >= 15 is 0 Å². The Labute approximate surface area is 61.6 Å². The average molecular weight is 141 g/mol. The number of rotatable bonds is 0. The van der Waals surface area contributed by atoms with E-state index in [1.807, 2.05) is 0 Å². The number of hydrogen-bond donors (Lipinski definition) is 2. The molecule has 2 heteroatoms. The van der Waals surface area contributed by atoms with Crippen molar-refractivity contribution >= 4 is 0 Å². The normalized spacial score (nSPS) is 47.1. The molecule has 10 heavy (non-hydrogen) atoms. The van der Waals surface area contributed by atoms with Crippen LogP contribution in [0.2, 0.25) is 0 Å². The zero-order valence-electron chi connectivity index (χ0n) is 6.21. The van der Waals surface area contributed by atoms with Crippen molar-refractivity contribution < 1.29 is 5.11 Å². The summed E-state index contributed by atoms with van der Waals surface area (Å²) in [5.41, 5.74) is 0. The third kappa shape index (κ3) is 1.18. The van der Waals surface area contributed by atoms with E-state index in [1.54, 1.807) is 0 Å². The zero-order valence-corrected chi connectivity index (χ0v) is 6.21. The highest BCUT2D eigenvalue weighted by Crippen LogP contribution is 2.31. The quantitative estimate of drug-likeness (QED) is 0.524. The van der Waals surface area contributed by atoms with Crippen LogP contribution < -0.4 is 5.32 Å². The molecule has 0 radical (unpaired) electrons. The van der Waals surface area contributed by atoms with Gasteiger partial charge in [0.1, 0.15) is 6.23 Å². The fourth-order valence-corrected chi connectivity index (χ4v) is 2.31. The molecule has 2 nitrogen and oxygen atoms in total. The minimum absolute atomic E-state index is 0.205. The maximum atomic E-state index is 9.30. The Morgan fingerprint density at radius 3 is 2.90 bits per heavy atom. The Hall–Kier alpha value is -0.0800. The Kier molecular flexibility index (Phi) is 1.66. The predicted molar refractivity (Wildman–Crippen MR) is 39.5 cm³/mol. The van der Waals surface area contributed by atoms with E-state index in [9.17, 15) is 5.11 Å². The van der Waals surface area contributed by atoms with Crippen LogP contribution in [0, 0.1) is 5.92 Å². The summed E-state index contributed by atoms with van der Waals surface area (Å²) in [6, 6.07) is 0.627. The summed E-state index contributed by atoms with van der Waals surface area (Å²) in [5.74, 6) is 0.815. The highest BCUT2D eigenvalue weighted by Gasteiger charge is 2.29. The maximum absolute atomic E-state index is 9.30. The molecular formula is C8H15NO. The molecule has 1 saturated carbocycles. The van der Waals surface area contributed by atoms with Gasteiger partial charge in [-0.15, -0.1) is 0 Å². The van der Waals surface area contributed by atoms with Gasteiger partial charge in [0.05, 0.1) is 0 Å². The van der Waals surface area contributed by atoms with Crippen LogP contribution in [0.1, 0.15) is 32.1 Å². The number of aliphatic hydroxyl groups is 1. The molecule has 3 atom stereocenters. The van der Waals surface area contributed by atoms with Crippen molar-refractivity contribution in [2.75, 3.05) is 0 Å². The second-order valence-corrected chi connectivity index (χ2v) is 3.65. The molecule has 2 aliphatic rings. The molecule has 0 spiro atoms. The molecule has 0 aromatic heterocycles. The molecule has 2 bridgehead atoms. The SMILES string of the molecule is OC1CC2CCCC(C2)N1. The van der Waals surface area contributed by atoms with Crippen LogP contribution in [0.25, 0.3) is 0 Å². The first kappa shape index (κ1) is 6.62. The molecule has 1 saturated heterocycles. The van der Waals surface area contributed by atoms with E-state index < -0.39 is 0 Å². The first-order valence-electron chi connectivity index (χ1n) is 4.29. The fourth-order valence-electron chi connectivity index (χ4n) is 2.31. The van der Waals surface area contributed by atoms with Crippen LogP contribution in [0.4, 0.5) is 0 Å². The maximum Gasteiger partial charge on any atom is 0.105 e. The lowest BCUT2D eigenvalue weighted by Crippen LogP contribution is -2.47. The van der Waals surface area contributed by atoms with Gasteiger partial charge < -0.3 is 5.11 Å². The van der Waals surface area contributed by atoms with Gasteiger partial charge in [-0.1, -0.05) is 12.8 Å². The molecule has 2 N–H and O–H groups in total. The molecule has 0 aromatic rings. The number of aliphatic hydroxyl groups excluding tert-OH is 1. The second-order valence-electron chi connectivity index (χ2n) is 3.65. The van der Waals surface area contributed by atoms with Gasteiger partial charge in [0, 0.05) is 6.04 Å². The minimum atomic E-state index is -0.205. The van der Waals surface area contributed by atoms with Gasteiger partial charge in [-0.3, -0.25) is 5.32 Å². The van der Waals surface area contributed by atoms with E-state index in [2.05, 4.69) is 5.32 Å². The van der Waals surface area contributed by atoms with E-state index in [1.165, 1.54) is 25.7 Å². The summed E-state index contributed by atoms with van der Waals surface area (Å²) in [5, 5.41) is 12.5. The molecule has 0 amide bonds. The summed E-state index contributed by atoms with van der Waals surface area (Å²) < 4.78 is 0. The highest BCUT2D eigenvalue weighted by molar-refractivity contribution is 4.84. The van der Waals surface area contributed by atoms with Gasteiger partial charge in [0.2, 0.25) is 0 Å². The lowest BCUT2D eigenvalue weighted by Gasteiger charge is -2.37. The van der Waals surface area contributed by atoms with Crippen molar-refractivity contribution in [3.8, 4) is 0 Å². The lowest BCUT2D eigenvalue weighted by molar-refractivity contribution is 0.0376. The third-order valence-corrected chi connectivity index (χ3v) is 2.77. The van der Waals surface area contributed by atoms with Gasteiger partial charge >= 0.3 is 0 Å². The van der Waals surface area contributed by atoms with E-state index in [-0.39, 0.29) is 6.23 Å². The van der Waals surface area contributed by atoms with Gasteiger partial charge in [-0.25, -0.2) is 0 Å². The van der Waals surface area contributed by atoms with Crippen molar-refractivity contribution in [3.63, 3.8) is 0 Å². The summed E-state index contributed by atoms with van der Waals surface area (Å²) in [6.45, 7) is 0. The molecular weight excluding hydrogens is 126 g/mol. The van der Waals surface area contributed by atoms with Crippen molar-refractivity contribution in [1.82, 2.24) is 5.32 Å². The topological polar surface area (TPSA) is 32.3 Å². The zero-order chi connectivity index (χ0) is 6.97. The second kappa shape index (κ2) is 2.51. The van der Waals surface area contributed by atoms with Crippen molar-refractivity contribution in [3.05, 3.63) is 0 Å². The molecule has 2 fully saturated rings. The largest absolute Gasteiger partial charge is 0.379 e. The standard InChI is InChI=1S/C8H15NO/c10-8-5-6-2-1-3-7(4-6)9-8/h6-10H,1-5H2. The molecule has 1 heterocycles. The van der Waals surface area contributed by atoms with Gasteiger partial charge in [0.15, 0.2) is 0 Å². The van der Waals surface area contributed by atoms with Gasteiger partial charge in [-0.05, 0) is 25.2 Å². The summed E-state index contributed by atoms with van der Waals surface area (Å²) in [6.07, 6.45) is 6.05. The Morgan fingerprint density at radius 1 is 1.20 bits per heavy atom. The molecule has 1 aliphatic heterocycles. The first-order chi connectivity index (χ1) is 4.84. The van der Waals surface area contributed by atoms with Gasteiger partial charge in [0.25, 0.3) is 0 Å². The summed E-state index contributed by atoms with van der Waals surface area (Å²) >= 11 is 0. The van der Waals surface area contributed by atoms with Crippen LogP contribution in [-0.2, 0) is 0 Å². The number of nitrogens with one attached hydrogen (secondary N) is 1. The molecule has 1 aliphatic carbocycles. The van der Waals surface area contributed by atoms with Crippen molar-refractivity contribution in [2.24, 2.45) is 5.92 Å². The van der Waals surface area contributed by atoms with E-state index in [4.69, 9.17) is 0 Å².